The second-order valence-electron chi connectivity index (χ2n) is 5.17. The molecular weight excluding hydrogens is 280 g/mol. The number of hydrogen-bond acceptors (Lipinski definition) is 7. The van der Waals surface area contributed by atoms with Crippen molar-refractivity contribution in [2.24, 2.45) is 5.90 Å². The zero-order valence-corrected chi connectivity index (χ0v) is 12.8. The van der Waals surface area contributed by atoms with Gasteiger partial charge in [-0.2, -0.15) is 0 Å². The van der Waals surface area contributed by atoms with Gasteiger partial charge in [-0.3, -0.25) is 0 Å². The molecule has 0 rings (SSSR count). The molecule has 116 valence electrons. The van der Waals surface area contributed by atoms with E-state index >= 15 is 0 Å². The van der Waals surface area contributed by atoms with E-state index in [1.54, 1.807) is 41.5 Å². The maximum atomic E-state index is 11.1. The fourth-order valence-electron chi connectivity index (χ4n) is 0.653. The van der Waals surface area contributed by atoms with Gasteiger partial charge in [0.15, 0.2) is 0 Å². The number of ether oxygens (including phenoxy) is 2. The van der Waals surface area contributed by atoms with Gasteiger partial charge in [-0.1, -0.05) is 0 Å². The van der Waals surface area contributed by atoms with Crippen LogP contribution in [0.3, 0.4) is 0 Å². The van der Waals surface area contributed by atoms with Gasteiger partial charge >= 0.3 is 12.2 Å². The summed E-state index contributed by atoms with van der Waals surface area (Å²) in [6.45, 7) is 10.1. The molecule has 9 heteroatoms. The molecule has 0 aliphatic rings. The highest BCUT2D eigenvalue weighted by Gasteiger charge is 2.20. The number of rotatable bonds is 0. The normalized spacial score (nSPS) is 10.1. The summed E-state index contributed by atoms with van der Waals surface area (Å²) in [5, 5.41) is 6.50. The van der Waals surface area contributed by atoms with Crippen LogP contribution < -0.4 is 11.4 Å². The van der Waals surface area contributed by atoms with Gasteiger partial charge in [-0.15, -0.1) is 17.9 Å². The maximum absolute atomic E-state index is 11.1. The molecule has 0 radical (unpaired) electrons. The van der Waals surface area contributed by atoms with Gasteiger partial charge in [0.1, 0.15) is 11.2 Å². The Bertz CT molecular complexity index is 244. The first-order valence-corrected chi connectivity index (χ1v) is 5.14. The van der Waals surface area contributed by atoms with E-state index in [0.717, 1.165) is 0 Å². The average Bonchev–Trinajstić information content (AvgIpc) is 2.12. The Morgan fingerprint density at radius 1 is 0.947 bits per heavy atom. The standard InChI is InChI=1S/C10H19NO5.ClH.H3NO/c1-9(2,3)14-7(12)11-16-8(13)15-10(4,5)6;;1-2/h1-6H3,(H,11,12);1H;2H,1H2. The second kappa shape index (κ2) is 9.65. The first-order valence-electron chi connectivity index (χ1n) is 5.14. The van der Waals surface area contributed by atoms with Gasteiger partial charge in [0.05, 0.1) is 0 Å². The van der Waals surface area contributed by atoms with Gasteiger partial charge in [-0.05, 0) is 41.5 Å². The van der Waals surface area contributed by atoms with Crippen molar-refractivity contribution in [1.82, 2.24) is 5.48 Å². The van der Waals surface area contributed by atoms with Crippen molar-refractivity contribution in [3.8, 4) is 0 Å². The lowest BCUT2D eigenvalue weighted by molar-refractivity contribution is -0.0404. The summed E-state index contributed by atoms with van der Waals surface area (Å²) in [6, 6.07) is 0. The molecule has 0 aromatic rings. The summed E-state index contributed by atoms with van der Waals surface area (Å²) >= 11 is 0. The minimum atomic E-state index is -0.988. The van der Waals surface area contributed by atoms with Crippen LogP contribution in [0, 0.1) is 0 Å². The number of nitrogens with two attached hydrogens (primary N) is 1. The number of hydroxylamine groups is 1. The second-order valence-corrected chi connectivity index (χ2v) is 5.17. The summed E-state index contributed by atoms with van der Waals surface area (Å²) in [7, 11) is 0. The summed E-state index contributed by atoms with van der Waals surface area (Å²) in [5.74, 6) is 3.50. The van der Waals surface area contributed by atoms with E-state index in [1.165, 1.54) is 0 Å². The highest BCUT2D eigenvalue weighted by atomic mass is 35.5. The first kappa shape index (κ1) is 22.9. The number of hydrogen-bond donors (Lipinski definition) is 3. The molecule has 0 unspecified atom stereocenters. The Hall–Kier alpha value is -1.25. The number of amides is 1. The number of carbonyl (C=O) groups excluding carboxylic acids is 2. The van der Waals surface area contributed by atoms with Gasteiger partial charge in [-0.25, -0.2) is 15.5 Å². The van der Waals surface area contributed by atoms with Crippen LogP contribution in [-0.2, 0) is 14.3 Å². The van der Waals surface area contributed by atoms with Crippen LogP contribution in [0.25, 0.3) is 0 Å². The maximum Gasteiger partial charge on any atom is 0.533 e. The number of carbonyl (C=O) groups is 2. The lowest BCUT2D eigenvalue weighted by Gasteiger charge is -2.20. The molecule has 0 fully saturated rings. The molecule has 1 amide bonds. The van der Waals surface area contributed by atoms with Crippen molar-refractivity contribution in [2.75, 3.05) is 0 Å². The average molecular weight is 303 g/mol. The van der Waals surface area contributed by atoms with Crippen LogP contribution in [0.1, 0.15) is 41.5 Å². The van der Waals surface area contributed by atoms with E-state index in [4.69, 9.17) is 14.7 Å². The van der Waals surface area contributed by atoms with Crippen molar-refractivity contribution in [3.63, 3.8) is 0 Å². The summed E-state index contributed by atoms with van der Waals surface area (Å²) in [6.07, 6.45) is -1.84. The molecule has 0 atom stereocenters. The summed E-state index contributed by atoms with van der Waals surface area (Å²) in [4.78, 5) is 26.4. The quantitative estimate of drug-likeness (QED) is 0.463. The van der Waals surface area contributed by atoms with Crippen LogP contribution in [0.15, 0.2) is 0 Å². The minimum Gasteiger partial charge on any atom is -0.442 e. The zero-order chi connectivity index (χ0) is 15.0. The SMILES string of the molecule is CC(C)(C)OC(=O)NOC(=O)OC(C)(C)C.Cl.NO. The fraction of sp³-hybridized carbons (Fsp3) is 0.800. The topological polar surface area (TPSA) is 120 Å². The minimum absolute atomic E-state index is 0. The molecule has 0 aromatic carbocycles. The lowest BCUT2D eigenvalue weighted by atomic mass is 10.2. The van der Waals surface area contributed by atoms with Crippen molar-refractivity contribution in [3.05, 3.63) is 0 Å². The van der Waals surface area contributed by atoms with Crippen LogP contribution in [0.2, 0.25) is 0 Å². The predicted molar refractivity (Wildman–Crippen MR) is 69.9 cm³/mol. The van der Waals surface area contributed by atoms with E-state index in [-0.39, 0.29) is 12.4 Å². The summed E-state index contributed by atoms with van der Waals surface area (Å²) < 4.78 is 9.62. The Balaban J connectivity index is -0.000000809. The van der Waals surface area contributed by atoms with Gasteiger partial charge in [0.25, 0.3) is 0 Å². The molecular formula is C10H23ClN2O6. The van der Waals surface area contributed by atoms with Crippen LogP contribution in [0.5, 0.6) is 0 Å². The van der Waals surface area contributed by atoms with Gasteiger partial charge in [0, 0.05) is 0 Å². The molecule has 8 nitrogen and oxygen atoms in total. The Morgan fingerprint density at radius 3 is 1.63 bits per heavy atom. The Labute approximate surface area is 118 Å². The Kier molecular flexibility index (Phi) is 11.6. The highest BCUT2D eigenvalue weighted by molar-refractivity contribution is 5.85. The highest BCUT2D eigenvalue weighted by Crippen LogP contribution is 2.08. The van der Waals surface area contributed by atoms with E-state index in [0.29, 0.717) is 0 Å². The molecule has 0 spiro atoms. The molecule has 0 bridgehead atoms. The van der Waals surface area contributed by atoms with E-state index in [9.17, 15) is 9.59 Å². The predicted octanol–water partition coefficient (Wildman–Crippen LogP) is 2.13. The molecule has 0 aromatic heterocycles. The van der Waals surface area contributed by atoms with Crippen LogP contribution >= 0.6 is 12.4 Å². The molecule has 0 aliphatic heterocycles. The van der Waals surface area contributed by atoms with Crippen molar-refractivity contribution in [2.45, 2.75) is 52.7 Å². The number of halogens is 1. The summed E-state index contributed by atoms with van der Waals surface area (Å²) in [5.41, 5.74) is 0.501. The third-order valence-electron chi connectivity index (χ3n) is 1.01. The zero-order valence-electron chi connectivity index (χ0n) is 12.0. The molecule has 0 heterocycles. The van der Waals surface area contributed by atoms with Crippen molar-refractivity contribution >= 4 is 24.7 Å². The third kappa shape index (κ3) is 19.3. The molecule has 0 aliphatic carbocycles. The third-order valence-corrected chi connectivity index (χ3v) is 1.01. The van der Waals surface area contributed by atoms with Crippen molar-refractivity contribution < 1.29 is 29.1 Å². The van der Waals surface area contributed by atoms with Gasteiger partial charge in [0.2, 0.25) is 0 Å². The van der Waals surface area contributed by atoms with E-state index in [2.05, 4.69) is 10.7 Å². The van der Waals surface area contributed by atoms with Crippen molar-refractivity contribution in [1.29, 1.82) is 0 Å². The van der Waals surface area contributed by atoms with Crippen LogP contribution in [0.4, 0.5) is 9.59 Å². The molecule has 19 heavy (non-hydrogen) atoms. The fourth-order valence-corrected chi connectivity index (χ4v) is 0.653. The van der Waals surface area contributed by atoms with E-state index < -0.39 is 23.5 Å². The first-order chi connectivity index (χ1) is 7.99. The van der Waals surface area contributed by atoms with Crippen LogP contribution in [-0.4, -0.2) is 28.7 Å². The monoisotopic (exact) mass is 302 g/mol. The lowest BCUT2D eigenvalue weighted by Crippen LogP contribution is -2.35. The number of nitrogens with one attached hydrogen (secondary N) is 1. The van der Waals surface area contributed by atoms with E-state index in [1.807, 2.05) is 5.48 Å². The smallest absolute Gasteiger partial charge is 0.442 e. The molecule has 0 saturated heterocycles. The molecule has 0 saturated carbocycles. The Morgan fingerprint density at radius 2 is 1.32 bits per heavy atom. The molecule has 4 N–H and O–H groups in total. The largest absolute Gasteiger partial charge is 0.533 e. The van der Waals surface area contributed by atoms with Gasteiger partial charge < -0.3 is 19.5 Å².